The zero-order chi connectivity index (χ0) is 13.6. The molecule has 0 saturated heterocycles. The number of nitrogens with one attached hydrogen (secondary N) is 1. The molecule has 0 aliphatic rings. The van der Waals surface area contributed by atoms with Gasteiger partial charge in [-0.25, -0.2) is 4.79 Å². The van der Waals surface area contributed by atoms with E-state index in [1.165, 1.54) is 0 Å². The molecule has 5 heteroatoms. The van der Waals surface area contributed by atoms with Crippen molar-refractivity contribution in [3.05, 3.63) is 35.4 Å². The van der Waals surface area contributed by atoms with E-state index in [4.69, 9.17) is 4.74 Å². The Morgan fingerprint density at radius 3 is 2.44 bits per heavy atom. The van der Waals surface area contributed by atoms with Crippen molar-refractivity contribution < 1.29 is 14.3 Å². The second kappa shape index (κ2) is 6.24. The average Bonchev–Trinajstić information content (AvgIpc) is 2.27. The quantitative estimate of drug-likeness (QED) is 0.654. The lowest BCUT2D eigenvalue weighted by atomic mass is 9.84. The molecule has 0 saturated carbocycles. The Kier molecular flexibility index (Phi) is 4.95. The third-order valence-electron chi connectivity index (χ3n) is 2.07. The second-order valence-corrected chi connectivity index (χ2v) is 4.91. The van der Waals surface area contributed by atoms with Gasteiger partial charge in [-0.3, -0.25) is 4.79 Å². The highest BCUT2D eigenvalue weighted by Gasteiger charge is 2.15. The van der Waals surface area contributed by atoms with Crippen molar-refractivity contribution in [2.75, 3.05) is 0 Å². The van der Waals surface area contributed by atoms with Gasteiger partial charge in [0, 0.05) is 5.56 Å². The Balaban J connectivity index is 2.33. The molecular weight excluding hydrogens is 229 g/mol. The summed E-state index contributed by atoms with van der Waals surface area (Å²) in [4.78, 5) is 21.8. The van der Waals surface area contributed by atoms with Gasteiger partial charge < -0.3 is 9.96 Å². The van der Waals surface area contributed by atoms with Crippen LogP contribution in [0.3, 0.4) is 0 Å². The third kappa shape index (κ3) is 5.52. The number of ether oxygens (including phenoxy) is 1. The maximum absolute atomic E-state index is 11.3. The molecule has 0 spiro atoms. The van der Waals surface area contributed by atoms with Crippen LogP contribution >= 0.6 is 0 Å². The molecule has 0 fully saturated rings. The minimum atomic E-state index is -0.496. The number of hydrogen-bond donors (Lipinski definition) is 1. The number of rotatable bonds is 4. The first-order valence-corrected chi connectivity index (χ1v) is 5.76. The number of hydrogen-bond acceptors (Lipinski definition) is 3. The molecule has 1 aromatic rings. The number of aldehydes is 1. The van der Waals surface area contributed by atoms with E-state index < -0.39 is 11.7 Å². The Hall–Kier alpha value is -1.78. The standard InChI is InChI=1S/C13H17BNO3/c1-13(2,3)18-12(17)15-14-8-10-4-6-11(9-16)7-5-10/h4-7,9H,8H2,1-3H3,(H,15,17). The molecule has 0 aromatic heterocycles. The van der Waals surface area contributed by atoms with Gasteiger partial charge in [-0.2, -0.15) is 0 Å². The topological polar surface area (TPSA) is 55.4 Å². The molecule has 1 radical (unpaired) electrons. The summed E-state index contributed by atoms with van der Waals surface area (Å²) in [6.45, 7) is 5.43. The highest BCUT2D eigenvalue weighted by atomic mass is 16.6. The van der Waals surface area contributed by atoms with Crippen molar-refractivity contribution in [1.29, 1.82) is 0 Å². The SMILES string of the molecule is CC(C)(C)OC(=O)N[B]Cc1ccc(C=O)cc1. The molecule has 1 amide bonds. The Labute approximate surface area is 108 Å². The van der Waals surface area contributed by atoms with Crippen LogP contribution in [0.15, 0.2) is 24.3 Å². The van der Waals surface area contributed by atoms with Gasteiger partial charge in [0.1, 0.15) is 11.9 Å². The fourth-order valence-corrected chi connectivity index (χ4v) is 1.29. The molecule has 1 aromatic carbocycles. The minimum Gasteiger partial charge on any atom is -0.445 e. The van der Waals surface area contributed by atoms with Crippen molar-refractivity contribution in [2.24, 2.45) is 0 Å². The summed E-state index contributed by atoms with van der Waals surface area (Å²) in [5, 5.41) is 2.56. The van der Waals surface area contributed by atoms with Gasteiger partial charge in [-0.15, -0.1) is 0 Å². The molecule has 0 aliphatic heterocycles. The number of benzene rings is 1. The summed E-state index contributed by atoms with van der Waals surface area (Å²) >= 11 is 0. The summed E-state index contributed by atoms with van der Waals surface area (Å²) in [5.41, 5.74) is 1.15. The molecule has 4 nitrogen and oxygen atoms in total. The Morgan fingerprint density at radius 2 is 1.94 bits per heavy atom. The first-order valence-electron chi connectivity index (χ1n) is 5.76. The third-order valence-corrected chi connectivity index (χ3v) is 2.07. The first kappa shape index (κ1) is 14.3. The minimum absolute atomic E-state index is 0.466. The molecule has 0 atom stereocenters. The maximum atomic E-state index is 11.3. The van der Waals surface area contributed by atoms with Crippen molar-refractivity contribution >= 4 is 19.8 Å². The van der Waals surface area contributed by atoms with Gasteiger partial charge in [0.25, 0.3) is 7.41 Å². The van der Waals surface area contributed by atoms with Crippen LogP contribution in [-0.4, -0.2) is 25.4 Å². The molecule has 1 rings (SSSR count). The van der Waals surface area contributed by atoms with Crippen LogP contribution in [0.1, 0.15) is 36.7 Å². The van der Waals surface area contributed by atoms with Gasteiger partial charge in [-0.1, -0.05) is 29.8 Å². The summed E-state index contributed by atoms with van der Waals surface area (Å²) in [5.74, 6) is 0. The van der Waals surface area contributed by atoms with Gasteiger partial charge in [0.05, 0.1) is 0 Å². The zero-order valence-corrected chi connectivity index (χ0v) is 10.9. The first-order chi connectivity index (χ1) is 8.40. The van der Waals surface area contributed by atoms with Crippen LogP contribution < -0.4 is 5.23 Å². The van der Waals surface area contributed by atoms with Gasteiger partial charge in [-0.05, 0) is 27.1 Å². The molecule has 95 valence electrons. The van der Waals surface area contributed by atoms with Crippen LogP contribution in [0.4, 0.5) is 4.79 Å². The zero-order valence-electron chi connectivity index (χ0n) is 10.9. The van der Waals surface area contributed by atoms with Crippen LogP contribution in [-0.2, 0) is 11.1 Å². The number of carbonyl (C=O) groups is 2. The van der Waals surface area contributed by atoms with E-state index in [-0.39, 0.29) is 0 Å². The van der Waals surface area contributed by atoms with E-state index in [2.05, 4.69) is 5.23 Å². The van der Waals surface area contributed by atoms with Crippen molar-refractivity contribution in [3.8, 4) is 0 Å². The average molecular weight is 246 g/mol. The summed E-state index contributed by atoms with van der Waals surface area (Å²) < 4.78 is 5.08. The van der Waals surface area contributed by atoms with E-state index in [0.29, 0.717) is 11.9 Å². The summed E-state index contributed by atoms with van der Waals surface area (Å²) in [7, 11) is 1.63. The fourth-order valence-electron chi connectivity index (χ4n) is 1.29. The molecule has 1 N–H and O–H groups in total. The van der Waals surface area contributed by atoms with Gasteiger partial charge in [0.15, 0.2) is 0 Å². The molecule has 0 unspecified atom stereocenters. The van der Waals surface area contributed by atoms with E-state index >= 15 is 0 Å². The molecule has 0 bridgehead atoms. The fraction of sp³-hybridized carbons (Fsp3) is 0.385. The summed E-state index contributed by atoms with van der Waals surface area (Å²) in [6, 6.07) is 7.17. The lowest BCUT2D eigenvalue weighted by Gasteiger charge is -2.19. The van der Waals surface area contributed by atoms with Crippen molar-refractivity contribution in [1.82, 2.24) is 5.23 Å². The molecule has 0 heterocycles. The van der Waals surface area contributed by atoms with E-state index in [1.807, 2.05) is 32.9 Å². The Bertz CT molecular complexity index is 409. The largest absolute Gasteiger partial charge is 0.445 e. The predicted molar refractivity (Wildman–Crippen MR) is 70.7 cm³/mol. The van der Waals surface area contributed by atoms with Crippen LogP contribution in [0.25, 0.3) is 0 Å². The predicted octanol–water partition coefficient (Wildman–Crippen LogP) is 2.14. The smallest absolute Gasteiger partial charge is 0.395 e. The van der Waals surface area contributed by atoms with E-state index in [9.17, 15) is 9.59 Å². The molecular formula is C13H17BNO3. The van der Waals surface area contributed by atoms with Crippen molar-refractivity contribution in [3.63, 3.8) is 0 Å². The van der Waals surface area contributed by atoms with Crippen LogP contribution in [0.2, 0.25) is 0 Å². The van der Waals surface area contributed by atoms with Crippen molar-refractivity contribution in [2.45, 2.75) is 32.7 Å². The van der Waals surface area contributed by atoms with E-state index in [0.717, 1.165) is 11.8 Å². The second-order valence-electron chi connectivity index (χ2n) is 4.91. The highest BCUT2D eigenvalue weighted by Crippen LogP contribution is 2.06. The number of amides is 1. The van der Waals surface area contributed by atoms with Gasteiger partial charge >= 0.3 is 6.09 Å². The summed E-state index contributed by atoms with van der Waals surface area (Å²) in [6.07, 6.45) is 0.914. The van der Waals surface area contributed by atoms with Crippen LogP contribution in [0.5, 0.6) is 0 Å². The Morgan fingerprint density at radius 1 is 1.33 bits per heavy atom. The number of carbonyl (C=O) groups excluding carboxylic acids is 2. The highest BCUT2D eigenvalue weighted by molar-refractivity contribution is 6.36. The lowest BCUT2D eigenvalue weighted by Crippen LogP contribution is -2.35. The monoisotopic (exact) mass is 246 g/mol. The molecule has 18 heavy (non-hydrogen) atoms. The van der Waals surface area contributed by atoms with E-state index in [1.54, 1.807) is 19.5 Å². The van der Waals surface area contributed by atoms with Gasteiger partial charge in [0.2, 0.25) is 0 Å². The maximum Gasteiger partial charge on any atom is 0.395 e. The van der Waals surface area contributed by atoms with Crippen LogP contribution in [0, 0.1) is 0 Å². The lowest BCUT2D eigenvalue weighted by molar-refractivity contribution is 0.0568. The molecule has 0 aliphatic carbocycles. The normalized spacial score (nSPS) is 10.6.